The van der Waals surface area contributed by atoms with Gasteiger partial charge in [-0.15, -0.1) is 0 Å². The molecule has 1 saturated heterocycles. The molecule has 2 heterocycles. The van der Waals surface area contributed by atoms with Crippen LogP contribution in [0.5, 0.6) is 0 Å². The van der Waals surface area contributed by atoms with Gasteiger partial charge in [0.15, 0.2) is 0 Å². The summed E-state index contributed by atoms with van der Waals surface area (Å²) in [5, 5.41) is 3.96. The van der Waals surface area contributed by atoms with Gasteiger partial charge in [0.05, 0.1) is 18.2 Å². The molecule has 3 rings (SSSR count). The van der Waals surface area contributed by atoms with Crippen molar-refractivity contribution in [3.63, 3.8) is 0 Å². The maximum Gasteiger partial charge on any atom is 0.328 e. The van der Waals surface area contributed by atoms with E-state index in [1.807, 2.05) is 19.2 Å². The predicted octanol–water partition coefficient (Wildman–Crippen LogP) is 3.66. The van der Waals surface area contributed by atoms with E-state index in [0.717, 1.165) is 29.7 Å². The van der Waals surface area contributed by atoms with Gasteiger partial charge < -0.3 is 9.42 Å². The van der Waals surface area contributed by atoms with E-state index in [2.05, 4.69) is 48.5 Å². The van der Waals surface area contributed by atoms with Crippen molar-refractivity contribution in [2.45, 2.75) is 78.7 Å². The number of rotatable bonds is 8. The predicted molar refractivity (Wildman–Crippen MR) is 140 cm³/mol. The van der Waals surface area contributed by atoms with Crippen LogP contribution in [-0.4, -0.2) is 80.1 Å². The number of likely N-dealkylation sites (N-methyl/N-ethyl adjacent to an activating group) is 1. The summed E-state index contributed by atoms with van der Waals surface area (Å²) in [6.07, 6.45) is 1.51. The van der Waals surface area contributed by atoms with Crippen molar-refractivity contribution in [3.05, 3.63) is 46.1 Å². The molecular formula is C25H38N4NaO4S. The van der Waals surface area contributed by atoms with Crippen LogP contribution in [0, 0.1) is 13.8 Å². The number of aromatic nitrogens is 1. The van der Waals surface area contributed by atoms with Gasteiger partial charge in [-0.05, 0) is 68.8 Å². The number of likely N-dealkylation sites (tertiary alicyclic amines) is 1. The second kappa shape index (κ2) is 12.2. The molecule has 8 nitrogen and oxygen atoms in total. The van der Waals surface area contributed by atoms with E-state index in [4.69, 9.17) is 4.52 Å². The number of amides is 1. The zero-order valence-corrected chi connectivity index (χ0v) is 25.2. The summed E-state index contributed by atoms with van der Waals surface area (Å²) in [6, 6.07) is 5.78. The molecule has 1 aliphatic rings. The minimum Gasteiger partial charge on any atom is -0.337 e. The standard InChI is InChI=1S/C25H38N4O4S.Na/c1-16(2)21-11-20(12-22(14-21)17(3)4)13-24(30)27-34(31,32)29(23-9-8-10-28(7)15-23)25-18(5)19(6)26-33-25;/h11-12,14,16-17,23H,8-10,13,15H2,1-7H3,(H,27,30);. The van der Waals surface area contributed by atoms with Crippen LogP contribution in [-0.2, 0) is 21.4 Å². The smallest absolute Gasteiger partial charge is 0.328 e. The molecule has 0 saturated carbocycles. The van der Waals surface area contributed by atoms with Crippen LogP contribution in [0.4, 0.5) is 5.88 Å². The first-order chi connectivity index (χ1) is 15.9. The second-order valence-corrected chi connectivity index (χ2v) is 11.6. The molecule has 0 aliphatic carbocycles. The van der Waals surface area contributed by atoms with Crippen LogP contribution in [0.15, 0.2) is 22.7 Å². The van der Waals surface area contributed by atoms with Crippen molar-refractivity contribution in [1.82, 2.24) is 14.8 Å². The van der Waals surface area contributed by atoms with E-state index in [1.54, 1.807) is 13.8 Å². The molecule has 1 aromatic carbocycles. The van der Waals surface area contributed by atoms with E-state index in [0.29, 0.717) is 36.1 Å². The number of anilines is 1. The molecular weight excluding hydrogens is 475 g/mol. The van der Waals surface area contributed by atoms with Crippen molar-refractivity contribution < 1.29 is 17.7 Å². The average Bonchev–Trinajstić information content (AvgIpc) is 3.05. The van der Waals surface area contributed by atoms with Gasteiger partial charge in [-0.1, -0.05) is 51.1 Å². The molecule has 10 heteroatoms. The quantitative estimate of drug-likeness (QED) is 0.542. The summed E-state index contributed by atoms with van der Waals surface area (Å²) < 4.78 is 36.0. The summed E-state index contributed by atoms with van der Waals surface area (Å²) in [7, 11) is -2.25. The number of nitrogens with zero attached hydrogens (tertiary/aromatic N) is 3. The molecule has 2 aromatic rings. The number of hydrogen-bond acceptors (Lipinski definition) is 6. The maximum absolute atomic E-state index is 13.5. The fourth-order valence-electron chi connectivity index (χ4n) is 4.34. The number of hydrogen-bond donors (Lipinski definition) is 1. The molecule has 1 unspecified atom stereocenters. The van der Waals surface area contributed by atoms with Crippen LogP contribution in [0.2, 0.25) is 0 Å². The van der Waals surface area contributed by atoms with Crippen LogP contribution in [0.3, 0.4) is 0 Å². The first kappa shape index (κ1) is 29.8. The van der Waals surface area contributed by atoms with Crippen LogP contribution in [0.25, 0.3) is 0 Å². The molecule has 1 N–H and O–H groups in total. The minimum atomic E-state index is -4.21. The van der Waals surface area contributed by atoms with E-state index in [1.165, 1.54) is 4.31 Å². The number of carbonyl (C=O) groups excluding carboxylic acids is 1. The van der Waals surface area contributed by atoms with Gasteiger partial charge in [-0.2, -0.15) is 8.42 Å². The Kier molecular flexibility index (Phi) is 10.4. The van der Waals surface area contributed by atoms with Crippen molar-refractivity contribution in [2.75, 3.05) is 24.4 Å². The van der Waals surface area contributed by atoms with E-state index in [-0.39, 0.29) is 47.9 Å². The van der Waals surface area contributed by atoms with Gasteiger partial charge in [0.1, 0.15) is 0 Å². The monoisotopic (exact) mass is 513 g/mol. The van der Waals surface area contributed by atoms with Crippen molar-refractivity contribution in [3.8, 4) is 0 Å². The molecule has 0 bridgehead atoms. The molecule has 189 valence electrons. The van der Waals surface area contributed by atoms with Gasteiger partial charge in [0, 0.05) is 41.7 Å². The molecule has 1 fully saturated rings. The Morgan fingerprint density at radius 3 is 2.26 bits per heavy atom. The third-order valence-electron chi connectivity index (χ3n) is 6.50. The van der Waals surface area contributed by atoms with Gasteiger partial charge in [0.25, 0.3) is 0 Å². The number of piperidine rings is 1. The summed E-state index contributed by atoms with van der Waals surface area (Å²) in [5.74, 6) is 0.210. The normalized spacial score (nSPS) is 16.9. The Morgan fingerprint density at radius 2 is 1.77 bits per heavy atom. The van der Waals surface area contributed by atoms with E-state index >= 15 is 0 Å². The first-order valence-corrected chi connectivity index (χ1v) is 13.4. The van der Waals surface area contributed by atoms with Crippen LogP contribution in [0.1, 0.15) is 80.3 Å². The Balaban J connectivity index is 0.00000432. The Bertz CT molecular complexity index is 1100. The van der Waals surface area contributed by atoms with Crippen LogP contribution < -0.4 is 9.03 Å². The molecule has 1 amide bonds. The molecule has 35 heavy (non-hydrogen) atoms. The maximum atomic E-state index is 13.5. The molecule has 1 atom stereocenters. The van der Waals surface area contributed by atoms with Crippen molar-refractivity contribution >= 4 is 51.6 Å². The third-order valence-corrected chi connectivity index (χ3v) is 7.97. The Labute approximate surface area is 232 Å². The second-order valence-electron chi connectivity index (χ2n) is 10.1. The fraction of sp³-hybridized carbons (Fsp3) is 0.600. The van der Waals surface area contributed by atoms with E-state index in [9.17, 15) is 13.2 Å². The van der Waals surface area contributed by atoms with Crippen molar-refractivity contribution in [2.24, 2.45) is 0 Å². The average molecular weight is 514 g/mol. The Hall–Kier alpha value is -1.39. The number of benzene rings is 1. The molecule has 1 aliphatic heterocycles. The number of carbonyl (C=O) groups is 1. The zero-order chi connectivity index (χ0) is 25.2. The largest absolute Gasteiger partial charge is 0.337 e. The summed E-state index contributed by atoms with van der Waals surface area (Å²) >= 11 is 0. The Morgan fingerprint density at radius 1 is 1.17 bits per heavy atom. The van der Waals surface area contributed by atoms with Gasteiger partial charge >= 0.3 is 10.2 Å². The summed E-state index contributed by atoms with van der Waals surface area (Å²) in [6.45, 7) is 13.4. The van der Waals surface area contributed by atoms with E-state index < -0.39 is 16.1 Å². The molecule has 0 spiro atoms. The van der Waals surface area contributed by atoms with Crippen LogP contribution >= 0.6 is 0 Å². The molecule has 1 aromatic heterocycles. The third kappa shape index (κ3) is 7.32. The van der Waals surface area contributed by atoms with Gasteiger partial charge in [-0.3, -0.25) is 4.79 Å². The number of nitrogens with one attached hydrogen (secondary N) is 1. The zero-order valence-electron chi connectivity index (χ0n) is 22.4. The van der Waals surface area contributed by atoms with Gasteiger partial charge in [-0.25, -0.2) is 9.03 Å². The summed E-state index contributed by atoms with van der Waals surface area (Å²) in [4.78, 5) is 15.1. The topological polar surface area (TPSA) is 95.8 Å². The minimum absolute atomic E-state index is 0. The van der Waals surface area contributed by atoms with Gasteiger partial charge in [0.2, 0.25) is 11.8 Å². The van der Waals surface area contributed by atoms with Crippen molar-refractivity contribution in [1.29, 1.82) is 0 Å². The molecule has 1 radical (unpaired) electrons. The summed E-state index contributed by atoms with van der Waals surface area (Å²) in [5.41, 5.74) is 4.35. The first-order valence-electron chi connectivity index (χ1n) is 12.0. The fourth-order valence-corrected chi connectivity index (χ4v) is 5.75. The SMILES string of the molecule is Cc1noc(N(C2CCCN(C)C2)S(=O)(=O)NC(=O)Cc2cc(C(C)C)cc(C(C)C)c2)c1C.[Na]. The number of aryl methyl sites for hydroxylation is 1.